The molecule has 1 amide bonds. The fraction of sp³-hybridized carbons (Fsp3) is 0.667. The normalized spacial score (nSPS) is 23.2. The van der Waals surface area contributed by atoms with E-state index in [1.165, 1.54) is 5.56 Å². The van der Waals surface area contributed by atoms with Crippen molar-refractivity contribution in [3.8, 4) is 0 Å². The maximum absolute atomic E-state index is 14.7. The molecule has 2 aliphatic heterocycles. The third kappa shape index (κ3) is 4.08. The second kappa shape index (κ2) is 7.64. The second-order valence-electron chi connectivity index (χ2n) is 6.82. The fourth-order valence-electron chi connectivity index (χ4n) is 3.60. The number of hydrogen-bond donors (Lipinski definition) is 0. The fourth-order valence-corrected chi connectivity index (χ4v) is 3.60. The Labute approximate surface area is 147 Å². The Balaban J connectivity index is 1.61. The Bertz CT molecular complexity index is 612. The molecule has 3 rings (SSSR count). The Morgan fingerprint density at radius 2 is 2.24 bits per heavy atom. The number of carbonyl (C=O) groups is 1. The highest BCUT2D eigenvalue weighted by atomic mass is 19.3. The van der Waals surface area contributed by atoms with Crippen molar-refractivity contribution in [2.75, 3.05) is 26.2 Å². The van der Waals surface area contributed by atoms with Crippen molar-refractivity contribution in [3.63, 3.8) is 0 Å². The molecule has 0 spiro atoms. The second-order valence-corrected chi connectivity index (χ2v) is 6.82. The largest absolute Gasteiger partial charge is 0.449 e. The van der Waals surface area contributed by atoms with Crippen molar-refractivity contribution in [2.24, 2.45) is 0 Å². The summed E-state index contributed by atoms with van der Waals surface area (Å²) in [5.41, 5.74) is 2.21. The number of amides is 1. The molecule has 0 N–H and O–H groups in total. The van der Waals surface area contributed by atoms with Gasteiger partial charge in [0, 0.05) is 32.0 Å². The summed E-state index contributed by atoms with van der Waals surface area (Å²) in [4.78, 5) is 19.0. The number of hydrogen-bond acceptors (Lipinski definition) is 4. The molecule has 1 saturated heterocycles. The number of nitrogens with zero attached hydrogens (tertiary/aromatic N) is 3. The van der Waals surface area contributed by atoms with Crippen molar-refractivity contribution >= 4 is 6.09 Å². The third-order valence-electron chi connectivity index (χ3n) is 5.03. The first-order valence-corrected chi connectivity index (χ1v) is 8.96. The average Bonchev–Trinajstić information content (AvgIpc) is 2.60. The number of rotatable bonds is 4. The zero-order valence-electron chi connectivity index (χ0n) is 14.6. The van der Waals surface area contributed by atoms with E-state index in [2.05, 4.69) is 4.98 Å². The van der Waals surface area contributed by atoms with Crippen LogP contribution in [-0.4, -0.2) is 59.1 Å². The van der Waals surface area contributed by atoms with E-state index in [1.54, 1.807) is 12.4 Å². The van der Waals surface area contributed by atoms with Crippen molar-refractivity contribution in [2.45, 2.75) is 51.1 Å². The van der Waals surface area contributed by atoms with E-state index < -0.39 is 24.6 Å². The quantitative estimate of drug-likeness (QED) is 0.781. The van der Waals surface area contributed by atoms with E-state index in [0.717, 1.165) is 29.7 Å². The van der Waals surface area contributed by atoms with Crippen LogP contribution < -0.4 is 0 Å². The maximum atomic E-state index is 14.7. The Morgan fingerprint density at radius 3 is 3.00 bits per heavy atom. The molecule has 0 saturated carbocycles. The van der Waals surface area contributed by atoms with Gasteiger partial charge in [0.1, 0.15) is 0 Å². The van der Waals surface area contributed by atoms with Crippen LogP contribution in [-0.2, 0) is 17.7 Å². The molecule has 0 bridgehead atoms. The highest BCUT2D eigenvalue weighted by Gasteiger charge is 2.49. The lowest BCUT2D eigenvalue weighted by atomic mass is 9.94. The molecule has 1 unspecified atom stereocenters. The topological polar surface area (TPSA) is 45.7 Å². The van der Waals surface area contributed by atoms with Crippen LogP contribution in [0.2, 0.25) is 0 Å². The third-order valence-corrected chi connectivity index (χ3v) is 5.03. The van der Waals surface area contributed by atoms with E-state index in [0.29, 0.717) is 19.6 Å². The smallest absolute Gasteiger partial charge is 0.409 e. The molecule has 1 atom stereocenters. The monoisotopic (exact) mass is 353 g/mol. The molecule has 0 aromatic carbocycles. The standard InChI is InChI=1S/C18H25F2N3O2/c1-2-3-10-25-17(24)23-9-6-16(18(19,20)13-23)22-8-5-14-4-7-21-11-15(14)12-22/h4,7,11,16H,2-3,5-6,8-10,12-13H2,1H3. The lowest BCUT2D eigenvalue weighted by molar-refractivity contribution is -0.125. The van der Waals surface area contributed by atoms with Crippen LogP contribution in [0.4, 0.5) is 13.6 Å². The zero-order valence-corrected chi connectivity index (χ0v) is 14.6. The predicted molar refractivity (Wildman–Crippen MR) is 89.5 cm³/mol. The van der Waals surface area contributed by atoms with Gasteiger partial charge >= 0.3 is 6.09 Å². The van der Waals surface area contributed by atoms with Gasteiger partial charge in [-0.2, -0.15) is 0 Å². The van der Waals surface area contributed by atoms with Crippen LogP contribution in [0.1, 0.15) is 37.3 Å². The molecular weight excluding hydrogens is 328 g/mol. The number of unbranched alkanes of at least 4 members (excludes halogenated alkanes) is 1. The van der Waals surface area contributed by atoms with Crippen molar-refractivity contribution in [3.05, 3.63) is 29.6 Å². The number of fused-ring (bicyclic) bond motifs is 1. The first-order chi connectivity index (χ1) is 12.0. The highest BCUT2D eigenvalue weighted by Crippen LogP contribution is 2.34. The lowest BCUT2D eigenvalue weighted by Crippen LogP contribution is -2.60. The van der Waals surface area contributed by atoms with Gasteiger partial charge in [-0.25, -0.2) is 13.6 Å². The minimum atomic E-state index is -2.94. The molecule has 1 aromatic rings. The molecule has 25 heavy (non-hydrogen) atoms. The summed E-state index contributed by atoms with van der Waals surface area (Å²) in [7, 11) is 0. The molecule has 138 valence electrons. The number of ether oxygens (including phenoxy) is 1. The van der Waals surface area contributed by atoms with Crippen LogP contribution in [0.25, 0.3) is 0 Å². The van der Waals surface area contributed by atoms with Crippen molar-refractivity contribution < 1.29 is 18.3 Å². The van der Waals surface area contributed by atoms with Crippen LogP contribution in [0.3, 0.4) is 0 Å². The van der Waals surface area contributed by atoms with Gasteiger partial charge in [-0.3, -0.25) is 9.88 Å². The molecule has 3 heterocycles. The van der Waals surface area contributed by atoms with Gasteiger partial charge < -0.3 is 9.64 Å². The summed E-state index contributed by atoms with van der Waals surface area (Å²) < 4.78 is 34.5. The maximum Gasteiger partial charge on any atom is 0.409 e. The number of halogens is 2. The molecule has 0 aliphatic carbocycles. The Hall–Kier alpha value is -1.76. The van der Waals surface area contributed by atoms with Crippen LogP contribution in [0.5, 0.6) is 0 Å². The van der Waals surface area contributed by atoms with E-state index in [9.17, 15) is 13.6 Å². The summed E-state index contributed by atoms with van der Waals surface area (Å²) >= 11 is 0. The van der Waals surface area contributed by atoms with Gasteiger partial charge in [0.2, 0.25) is 0 Å². The first kappa shape index (κ1) is 18.0. The SMILES string of the molecule is CCCCOC(=O)N1CCC(N2CCc3ccncc3C2)C(F)(F)C1. The van der Waals surface area contributed by atoms with Gasteiger partial charge in [0.05, 0.1) is 19.2 Å². The average molecular weight is 353 g/mol. The number of likely N-dealkylation sites (tertiary alicyclic amines) is 1. The lowest BCUT2D eigenvalue weighted by Gasteiger charge is -2.44. The molecule has 7 heteroatoms. The van der Waals surface area contributed by atoms with Gasteiger partial charge in [-0.15, -0.1) is 0 Å². The number of aromatic nitrogens is 1. The zero-order chi connectivity index (χ0) is 17.9. The molecule has 5 nitrogen and oxygen atoms in total. The van der Waals surface area contributed by atoms with Crippen molar-refractivity contribution in [1.29, 1.82) is 0 Å². The Kier molecular flexibility index (Phi) is 5.51. The predicted octanol–water partition coefficient (Wildman–Crippen LogP) is 3.09. The molecule has 2 aliphatic rings. The van der Waals surface area contributed by atoms with E-state index in [4.69, 9.17) is 4.74 Å². The molecular formula is C18H25F2N3O2. The van der Waals surface area contributed by atoms with Crippen LogP contribution in [0.15, 0.2) is 18.5 Å². The Morgan fingerprint density at radius 1 is 1.40 bits per heavy atom. The summed E-state index contributed by atoms with van der Waals surface area (Å²) in [6.07, 6.45) is 5.54. The summed E-state index contributed by atoms with van der Waals surface area (Å²) in [5.74, 6) is -2.94. The number of alkyl halides is 2. The van der Waals surface area contributed by atoms with Gasteiger partial charge in [0.25, 0.3) is 5.92 Å². The van der Waals surface area contributed by atoms with Crippen LogP contribution in [0, 0.1) is 0 Å². The van der Waals surface area contributed by atoms with Gasteiger partial charge in [-0.05, 0) is 36.5 Å². The first-order valence-electron chi connectivity index (χ1n) is 8.96. The number of pyridine rings is 1. The minimum Gasteiger partial charge on any atom is -0.449 e. The molecule has 1 fully saturated rings. The summed E-state index contributed by atoms with van der Waals surface area (Å²) in [6, 6.07) is 1.11. The molecule has 0 radical (unpaired) electrons. The van der Waals surface area contributed by atoms with Gasteiger partial charge in [0.15, 0.2) is 0 Å². The number of piperidine rings is 1. The van der Waals surface area contributed by atoms with Gasteiger partial charge in [-0.1, -0.05) is 13.3 Å². The van der Waals surface area contributed by atoms with E-state index in [-0.39, 0.29) is 13.0 Å². The van der Waals surface area contributed by atoms with Crippen LogP contribution >= 0.6 is 0 Å². The minimum absolute atomic E-state index is 0.255. The summed E-state index contributed by atoms with van der Waals surface area (Å²) in [5, 5.41) is 0. The summed E-state index contributed by atoms with van der Waals surface area (Å²) in [6.45, 7) is 3.11. The number of carbonyl (C=O) groups excluding carboxylic acids is 1. The highest BCUT2D eigenvalue weighted by molar-refractivity contribution is 5.67. The molecule has 1 aromatic heterocycles. The van der Waals surface area contributed by atoms with E-state index in [1.807, 2.05) is 17.9 Å². The van der Waals surface area contributed by atoms with Crippen molar-refractivity contribution in [1.82, 2.24) is 14.8 Å². The van der Waals surface area contributed by atoms with E-state index >= 15 is 0 Å².